The lowest BCUT2D eigenvalue weighted by atomic mass is 10.0. The van der Waals surface area contributed by atoms with Gasteiger partial charge in [-0.05, 0) is 47.4 Å². The van der Waals surface area contributed by atoms with Crippen LogP contribution < -0.4 is 5.73 Å². The molecule has 1 aliphatic carbocycles. The maximum absolute atomic E-state index is 6.04. The van der Waals surface area contributed by atoms with Gasteiger partial charge in [0.15, 0.2) is 5.82 Å². The van der Waals surface area contributed by atoms with Crippen molar-refractivity contribution in [2.75, 3.05) is 5.73 Å². The SMILES string of the molecule is Nc1ccc(Cl)cc1-c1nnnn1CCCC1CCCC1. The average molecular weight is 306 g/mol. The zero-order chi connectivity index (χ0) is 14.7. The molecule has 1 fully saturated rings. The van der Waals surface area contributed by atoms with Crippen molar-refractivity contribution in [2.45, 2.75) is 45.1 Å². The number of aryl methyl sites for hydroxylation is 1. The number of hydrogen-bond acceptors (Lipinski definition) is 4. The van der Waals surface area contributed by atoms with Gasteiger partial charge in [0, 0.05) is 22.8 Å². The Kier molecular flexibility index (Phi) is 4.39. The van der Waals surface area contributed by atoms with Crippen molar-refractivity contribution in [1.82, 2.24) is 20.2 Å². The number of anilines is 1. The highest BCUT2D eigenvalue weighted by Gasteiger charge is 2.16. The van der Waals surface area contributed by atoms with Crippen LogP contribution in [0.1, 0.15) is 38.5 Å². The summed E-state index contributed by atoms with van der Waals surface area (Å²) in [5.41, 5.74) is 7.45. The van der Waals surface area contributed by atoms with Crippen LogP contribution >= 0.6 is 11.6 Å². The second-order valence-electron chi connectivity index (χ2n) is 5.75. The van der Waals surface area contributed by atoms with Gasteiger partial charge in [-0.3, -0.25) is 0 Å². The molecule has 6 heteroatoms. The molecule has 0 bridgehead atoms. The maximum atomic E-state index is 6.04. The molecule has 0 atom stereocenters. The summed E-state index contributed by atoms with van der Waals surface area (Å²) >= 11 is 6.04. The van der Waals surface area contributed by atoms with Gasteiger partial charge >= 0.3 is 0 Å². The number of tetrazole rings is 1. The Morgan fingerprint density at radius 3 is 2.90 bits per heavy atom. The van der Waals surface area contributed by atoms with E-state index in [0.717, 1.165) is 24.4 Å². The van der Waals surface area contributed by atoms with Crippen molar-refractivity contribution in [3.8, 4) is 11.4 Å². The summed E-state index contributed by atoms with van der Waals surface area (Å²) in [7, 11) is 0. The van der Waals surface area contributed by atoms with Gasteiger partial charge in [-0.25, -0.2) is 4.68 Å². The highest BCUT2D eigenvalue weighted by Crippen LogP contribution is 2.30. The molecule has 3 rings (SSSR count). The van der Waals surface area contributed by atoms with Gasteiger partial charge in [-0.2, -0.15) is 0 Å². The predicted octanol–water partition coefficient (Wildman–Crippen LogP) is 3.55. The molecule has 0 unspecified atom stereocenters. The lowest BCUT2D eigenvalue weighted by Gasteiger charge is -2.10. The Bertz CT molecular complexity index is 604. The van der Waals surface area contributed by atoms with Gasteiger partial charge < -0.3 is 5.73 Å². The second kappa shape index (κ2) is 6.43. The van der Waals surface area contributed by atoms with Crippen molar-refractivity contribution < 1.29 is 0 Å². The molecule has 0 aliphatic heterocycles. The van der Waals surface area contributed by atoms with Gasteiger partial charge in [0.25, 0.3) is 0 Å². The van der Waals surface area contributed by atoms with E-state index >= 15 is 0 Å². The van der Waals surface area contributed by atoms with Crippen LogP contribution in [-0.2, 0) is 6.54 Å². The molecular formula is C15H20ClN5. The summed E-state index contributed by atoms with van der Waals surface area (Å²) in [5, 5.41) is 12.6. The number of rotatable bonds is 5. The molecule has 2 aromatic rings. The van der Waals surface area contributed by atoms with Crippen LogP contribution in [0.4, 0.5) is 5.69 Å². The first kappa shape index (κ1) is 14.3. The Morgan fingerprint density at radius 1 is 1.29 bits per heavy atom. The molecule has 0 amide bonds. The summed E-state index contributed by atoms with van der Waals surface area (Å²) in [6, 6.07) is 5.37. The van der Waals surface area contributed by atoms with Gasteiger partial charge in [0.05, 0.1) is 0 Å². The minimum atomic E-state index is 0.639. The molecular weight excluding hydrogens is 286 g/mol. The highest BCUT2D eigenvalue weighted by molar-refractivity contribution is 6.31. The highest BCUT2D eigenvalue weighted by atomic mass is 35.5. The first-order chi connectivity index (χ1) is 10.2. The topological polar surface area (TPSA) is 69.6 Å². The van der Waals surface area contributed by atoms with Crippen LogP contribution in [0, 0.1) is 5.92 Å². The third kappa shape index (κ3) is 3.35. The number of hydrogen-bond donors (Lipinski definition) is 1. The van der Waals surface area contributed by atoms with Crippen molar-refractivity contribution in [3.05, 3.63) is 23.2 Å². The molecule has 112 valence electrons. The van der Waals surface area contributed by atoms with Crippen molar-refractivity contribution in [3.63, 3.8) is 0 Å². The van der Waals surface area contributed by atoms with Gasteiger partial charge in [-0.1, -0.05) is 37.3 Å². The molecule has 1 saturated carbocycles. The number of aromatic nitrogens is 4. The molecule has 1 aliphatic rings. The molecule has 0 saturated heterocycles. The van der Waals surface area contributed by atoms with E-state index in [0.29, 0.717) is 16.5 Å². The Morgan fingerprint density at radius 2 is 2.10 bits per heavy atom. The van der Waals surface area contributed by atoms with Crippen LogP contribution in [0.2, 0.25) is 5.02 Å². The van der Waals surface area contributed by atoms with Gasteiger partial charge in [0.1, 0.15) is 0 Å². The second-order valence-corrected chi connectivity index (χ2v) is 6.19. The monoisotopic (exact) mass is 305 g/mol. The van der Waals surface area contributed by atoms with Crippen LogP contribution in [0.3, 0.4) is 0 Å². The zero-order valence-electron chi connectivity index (χ0n) is 12.0. The zero-order valence-corrected chi connectivity index (χ0v) is 12.8. The molecule has 2 N–H and O–H groups in total. The molecule has 1 heterocycles. The van der Waals surface area contributed by atoms with E-state index in [9.17, 15) is 0 Å². The van der Waals surface area contributed by atoms with E-state index in [1.54, 1.807) is 12.1 Å². The molecule has 1 aromatic carbocycles. The fraction of sp³-hybridized carbons (Fsp3) is 0.533. The van der Waals surface area contributed by atoms with E-state index in [1.165, 1.54) is 32.1 Å². The minimum Gasteiger partial charge on any atom is -0.398 e. The van der Waals surface area contributed by atoms with Crippen LogP contribution in [0.5, 0.6) is 0 Å². The first-order valence-electron chi connectivity index (χ1n) is 7.55. The van der Waals surface area contributed by atoms with E-state index in [2.05, 4.69) is 15.5 Å². The quantitative estimate of drug-likeness (QED) is 0.858. The smallest absolute Gasteiger partial charge is 0.184 e. The van der Waals surface area contributed by atoms with E-state index < -0.39 is 0 Å². The number of nitrogens with two attached hydrogens (primary N) is 1. The van der Waals surface area contributed by atoms with Crippen LogP contribution in [0.25, 0.3) is 11.4 Å². The predicted molar refractivity (Wildman–Crippen MR) is 83.9 cm³/mol. The third-order valence-electron chi connectivity index (χ3n) is 4.25. The van der Waals surface area contributed by atoms with Crippen molar-refractivity contribution in [2.24, 2.45) is 5.92 Å². The molecule has 21 heavy (non-hydrogen) atoms. The minimum absolute atomic E-state index is 0.639. The fourth-order valence-corrected chi connectivity index (χ4v) is 3.27. The fourth-order valence-electron chi connectivity index (χ4n) is 3.10. The third-order valence-corrected chi connectivity index (χ3v) is 4.48. The molecule has 1 aromatic heterocycles. The molecule has 0 spiro atoms. The molecule has 5 nitrogen and oxygen atoms in total. The van der Waals surface area contributed by atoms with E-state index in [1.807, 2.05) is 10.7 Å². The number of benzene rings is 1. The average Bonchev–Trinajstić information content (AvgIpc) is 3.13. The number of nitrogen functional groups attached to an aromatic ring is 1. The Balaban J connectivity index is 1.69. The largest absolute Gasteiger partial charge is 0.398 e. The lowest BCUT2D eigenvalue weighted by molar-refractivity contribution is 0.444. The Labute approximate surface area is 129 Å². The van der Waals surface area contributed by atoms with Crippen molar-refractivity contribution >= 4 is 17.3 Å². The summed E-state index contributed by atoms with van der Waals surface area (Å²) in [6.45, 7) is 0.824. The summed E-state index contributed by atoms with van der Waals surface area (Å²) < 4.78 is 1.83. The number of nitrogens with zero attached hydrogens (tertiary/aromatic N) is 4. The molecule has 0 radical (unpaired) electrons. The van der Waals surface area contributed by atoms with Gasteiger partial charge in [-0.15, -0.1) is 5.10 Å². The van der Waals surface area contributed by atoms with Gasteiger partial charge in [0.2, 0.25) is 0 Å². The lowest BCUT2D eigenvalue weighted by Crippen LogP contribution is -2.06. The first-order valence-corrected chi connectivity index (χ1v) is 7.93. The Hall–Kier alpha value is -1.62. The standard InChI is InChI=1S/C15H20ClN5/c16-12-7-8-14(17)13(10-12)15-18-19-20-21(15)9-3-6-11-4-1-2-5-11/h7-8,10-11H,1-6,9,17H2. The summed E-state index contributed by atoms with van der Waals surface area (Å²) in [5.74, 6) is 1.59. The van der Waals surface area contributed by atoms with Crippen molar-refractivity contribution in [1.29, 1.82) is 0 Å². The van der Waals surface area contributed by atoms with E-state index in [4.69, 9.17) is 17.3 Å². The van der Waals surface area contributed by atoms with E-state index in [-0.39, 0.29) is 0 Å². The number of halogens is 1. The van der Waals surface area contributed by atoms with Crippen LogP contribution in [0.15, 0.2) is 18.2 Å². The normalized spacial score (nSPS) is 15.7. The maximum Gasteiger partial charge on any atom is 0.184 e. The summed E-state index contributed by atoms with van der Waals surface area (Å²) in [4.78, 5) is 0. The summed E-state index contributed by atoms with van der Waals surface area (Å²) in [6.07, 6.45) is 7.89. The van der Waals surface area contributed by atoms with Crippen LogP contribution in [-0.4, -0.2) is 20.2 Å².